The maximum atomic E-state index is 3.78. The lowest BCUT2D eigenvalue weighted by atomic mass is 9.73. The summed E-state index contributed by atoms with van der Waals surface area (Å²) in [6.45, 7) is 14.0. The van der Waals surface area contributed by atoms with Crippen LogP contribution >= 0.6 is 0 Å². The highest BCUT2D eigenvalue weighted by Crippen LogP contribution is 2.37. The molecule has 0 heterocycles. The Morgan fingerprint density at radius 3 is 2.25 bits per heavy atom. The third-order valence-electron chi connectivity index (χ3n) is 4.95. The lowest BCUT2D eigenvalue weighted by molar-refractivity contribution is 0.0877. The molecule has 2 heteroatoms. The first-order valence-corrected chi connectivity index (χ1v) is 8.73. The van der Waals surface area contributed by atoms with Crippen molar-refractivity contribution >= 4 is 0 Å². The van der Waals surface area contributed by atoms with Crippen molar-refractivity contribution < 1.29 is 0 Å². The van der Waals surface area contributed by atoms with Gasteiger partial charge in [0.25, 0.3) is 0 Å². The molecule has 1 N–H and O–H groups in total. The maximum absolute atomic E-state index is 3.78. The Balaban J connectivity index is 2.63. The van der Waals surface area contributed by atoms with Gasteiger partial charge in [-0.15, -0.1) is 0 Å². The van der Waals surface area contributed by atoms with Gasteiger partial charge in [0.15, 0.2) is 0 Å². The topological polar surface area (TPSA) is 15.3 Å². The van der Waals surface area contributed by atoms with Crippen LogP contribution in [0.15, 0.2) is 0 Å². The highest BCUT2D eigenvalue weighted by molar-refractivity contribution is 4.90. The molecule has 2 nitrogen and oxygen atoms in total. The second-order valence-corrected chi connectivity index (χ2v) is 8.22. The van der Waals surface area contributed by atoms with Gasteiger partial charge in [-0.25, -0.2) is 0 Å². The fourth-order valence-corrected chi connectivity index (χ4v) is 3.47. The molecule has 0 saturated heterocycles. The molecule has 0 radical (unpaired) electrons. The molecular weight excluding hydrogens is 244 g/mol. The lowest BCUT2D eigenvalue weighted by Gasteiger charge is -2.43. The molecule has 20 heavy (non-hydrogen) atoms. The SMILES string of the molecule is CCCC(C)N(C)CC1(CNC(C)(C)C)CCCCC1. The van der Waals surface area contributed by atoms with Crippen LogP contribution in [0, 0.1) is 5.41 Å². The first-order valence-electron chi connectivity index (χ1n) is 8.73. The third-order valence-corrected chi connectivity index (χ3v) is 4.95. The smallest absolute Gasteiger partial charge is 0.00967 e. The summed E-state index contributed by atoms with van der Waals surface area (Å²) >= 11 is 0. The van der Waals surface area contributed by atoms with E-state index in [4.69, 9.17) is 0 Å². The second kappa shape index (κ2) is 7.79. The maximum Gasteiger partial charge on any atom is 0.00967 e. The van der Waals surface area contributed by atoms with E-state index in [9.17, 15) is 0 Å². The normalized spacial score (nSPS) is 21.1. The predicted octanol–water partition coefficient (Wildman–Crippen LogP) is 4.45. The number of rotatable bonds is 7. The van der Waals surface area contributed by atoms with E-state index in [1.807, 2.05) is 0 Å². The molecule has 1 fully saturated rings. The molecule has 0 bridgehead atoms. The predicted molar refractivity (Wildman–Crippen MR) is 90.3 cm³/mol. The van der Waals surface area contributed by atoms with Crippen LogP contribution < -0.4 is 5.32 Å². The van der Waals surface area contributed by atoms with Gasteiger partial charge in [0.1, 0.15) is 0 Å². The molecule has 0 aromatic heterocycles. The fourth-order valence-electron chi connectivity index (χ4n) is 3.47. The Morgan fingerprint density at radius 2 is 1.75 bits per heavy atom. The van der Waals surface area contributed by atoms with Crippen molar-refractivity contribution in [3.05, 3.63) is 0 Å². The van der Waals surface area contributed by atoms with Gasteiger partial charge in [0.2, 0.25) is 0 Å². The molecule has 1 saturated carbocycles. The molecular formula is C18H38N2. The van der Waals surface area contributed by atoms with Crippen molar-refractivity contribution in [3.63, 3.8) is 0 Å². The van der Waals surface area contributed by atoms with Crippen LogP contribution in [0.3, 0.4) is 0 Å². The molecule has 1 rings (SSSR count). The summed E-state index contributed by atoms with van der Waals surface area (Å²) in [7, 11) is 2.33. The summed E-state index contributed by atoms with van der Waals surface area (Å²) in [5, 5.41) is 3.78. The molecule has 0 aromatic rings. The van der Waals surface area contributed by atoms with Gasteiger partial charge in [-0.05, 0) is 59.4 Å². The molecule has 120 valence electrons. The van der Waals surface area contributed by atoms with Crippen molar-refractivity contribution in [3.8, 4) is 0 Å². The minimum atomic E-state index is 0.234. The van der Waals surface area contributed by atoms with Crippen LogP contribution in [0.25, 0.3) is 0 Å². The van der Waals surface area contributed by atoms with E-state index >= 15 is 0 Å². The van der Waals surface area contributed by atoms with Crippen LogP contribution in [0.4, 0.5) is 0 Å². The van der Waals surface area contributed by atoms with E-state index in [1.165, 1.54) is 58.0 Å². The molecule has 1 unspecified atom stereocenters. The molecule has 0 aromatic carbocycles. The van der Waals surface area contributed by atoms with Crippen molar-refractivity contribution in [2.75, 3.05) is 20.1 Å². The van der Waals surface area contributed by atoms with Gasteiger partial charge in [0.05, 0.1) is 0 Å². The average Bonchev–Trinajstić information content (AvgIpc) is 2.37. The van der Waals surface area contributed by atoms with Crippen molar-refractivity contribution in [1.29, 1.82) is 0 Å². The minimum absolute atomic E-state index is 0.234. The van der Waals surface area contributed by atoms with Crippen LogP contribution in [-0.2, 0) is 0 Å². The van der Waals surface area contributed by atoms with Crippen molar-refractivity contribution in [2.45, 2.75) is 91.1 Å². The highest BCUT2D eigenvalue weighted by Gasteiger charge is 2.34. The van der Waals surface area contributed by atoms with Crippen molar-refractivity contribution in [2.24, 2.45) is 5.41 Å². The zero-order valence-corrected chi connectivity index (χ0v) is 14.9. The molecule has 0 aliphatic heterocycles. The number of nitrogens with one attached hydrogen (secondary N) is 1. The summed E-state index contributed by atoms with van der Waals surface area (Å²) in [4.78, 5) is 2.61. The third kappa shape index (κ3) is 6.13. The summed E-state index contributed by atoms with van der Waals surface area (Å²) in [5.41, 5.74) is 0.736. The quantitative estimate of drug-likeness (QED) is 0.742. The summed E-state index contributed by atoms with van der Waals surface area (Å²) < 4.78 is 0. The monoisotopic (exact) mass is 282 g/mol. The Morgan fingerprint density at radius 1 is 1.15 bits per heavy atom. The van der Waals surface area contributed by atoms with Gasteiger partial charge in [-0.1, -0.05) is 32.6 Å². The van der Waals surface area contributed by atoms with E-state index in [1.54, 1.807) is 0 Å². The number of hydrogen-bond acceptors (Lipinski definition) is 2. The van der Waals surface area contributed by atoms with Gasteiger partial charge < -0.3 is 10.2 Å². The fraction of sp³-hybridized carbons (Fsp3) is 1.00. The van der Waals surface area contributed by atoms with E-state index in [2.05, 4.69) is 51.9 Å². The Kier molecular flexibility index (Phi) is 7.00. The van der Waals surface area contributed by atoms with Gasteiger partial charge >= 0.3 is 0 Å². The molecule has 1 aliphatic carbocycles. The van der Waals surface area contributed by atoms with Gasteiger partial charge in [-0.2, -0.15) is 0 Å². The summed E-state index contributed by atoms with van der Waals surface area (Å²) in [5.74, 6) is 0. The van der Waals surface area contributed by atoms with Crippen LogP contribution in [0.2, 0.25) is 0 Å². The van der Waals surface area contributed by atoms with Crippen LogP contribution in [-0.4, -0.2) is 36.6 Å². The highest BCUT2D eigenvalue weighted by atomic mass is 15.1. The summed E-state index contributed by atoms with van der Waals surface area (Å²) in [6.07, 6.45) is 9.69. The first-order chi connectivity index (χ1) is 9.28. The molecule has 0 spiro atoms. The lowest BCUT2D eigenvalue weighted by Crippen LogP contribution is -2.50. The van der Waals surface area contributed by atoms with Crippen molar-refractivity contribution in [1.82, 2.24) is 10.2 Å². The van der Waals surface area contributed by atoms with Gasteiger partial charge in [0, 0.05) is 24.7 Å². The Bertz CT molecular complexity index is 261. The molecule has 1 atom stereocenters. The zero-order chi connectivity index (χ0) is 15.2. The van der Waals surface area contributed by atoms with E-state index in [-0.39, 0.29) is 5.54 Å². The van der Waals surface area contributed by atoms with E-state index < -0.39 is 0 Å². The van der Waals surface area contributed by atoms with Crippen LogP contribution in [0.5, 0.6) is 0 Å². The summed E-state index contributed by atoms with van der Waals surface area (Å²) in [6, 6.07) is 0.716. The number of nitrogens with zero attached hydrogens (tertiary/aromatic N) is 1. The van der Waals surface area contributed by atoms with Crippen LogP contribution in [0.1, 0.15) is 79.6 Å². The largest absolute Gasteiger partial charge is 0.311 e. The van der Waals surface area contributed by atoms with E-state index in [0.717, 1.165) is 0 Å². The zero-order valence-electron chi connectivity index (χ0n) is 14.9. The minimum Gasteiger partial charge on any atom is -0.311 e. The van der Waals surface area contributed by atoms with E-state index in [0.29, 0.717) is 11.5 Å². The standard InChI is InChI=1S/C18H38N2/c1-7-11-16(2)20(6)15-18(12-9-8-10-13-18)14-19-17(3,4)5/h16,19H,7-15H2,1-6H3. The average molecular weight is 283 g/mol. The Labute approximate surface area is 127 Å². The Hall–Kier alpha value is -0.0800. The molecule has 0 amide bonds. The molecule has 1 aliphatic rings. The second-order valence-electron chi connectivity index (χ2n) is 8.22. The first kappa shape index (κ1) is 18.0. The van der Waals surface area contributed by atoms with Gasteiger partial charge in [-0.3, -0.25) is 0 Å². The number of hydrogen-bond donors (Lipinski definition) is 1.